The third kappa shape index (κ3) is 3.53. The number of anilines is 1. The predicted octanol–water partition coefficient (Wildman–Crippen LogP) is 2.21. The molecule has 1 heterocycles. The summed E-state index contributed by atoms with van der Waals surface area (Å²) in [4.78, 5) is 13.1. The molecule has 0 saturated heterocycles. The van der Waals surface area contributed by atoms with Gasteiger partial charge in [0.1, 0.15) is 5.82 Å². The normalized spacial score (nSPS) is 22.9. The van der Waals surface area contributed by atoms with Gasteiger partial charge in [-0.15, -0.1) is 0 Å². The molecule has 7 heteroatoms. The Balaban J connectivity index is 1.57. The standard InChI is InChI=1S/C15H17FN3O2P/c16-12-6-13(9-18-8-12)19-7-11-5-15(11)10-1-3-14(4-2-10)22(17,20)21/h1-4,6,8-9,11,15,19H,5,7H2,(H3,17,20,21). The fraction of sp³-hybridized carbons (Fsp3) is 0.267. The first kappa shape index (κ1) is 15.2. The van der Waals surface area contributed by atoms with Crippen LogP contribution in [0.3, 0.4) is 0 Å². The zero-order valence-electron chi connectivity index (χ0n) is 11.8. The number of benzene rings is 1. The predicted molar refractivity (Wildman–Crippen MR) is 83.6 cm³/mol. The van der Waals surface area contributed by atoms with Gasteiger partial charge in [-0.2, -0.15) is 0 Å². The number of pyridine rings is 1. The van der Waals surface area contributed by atoms with Crippen molar-refractivity contribution in [2.75, 3.05) is 11.9 Å². The summed E-state index contributed by atoms with van der Waals surface area (Å²) < 4.78 is 24.4. The van der Waals surface area contributed by atoms with Gasteiger partial charge in [-0.1, -0.05) is 12.1 Å². The molecule has 1 aromatic heterocycles. The Morgan fingerprint density at radius 2 is 2.09 bits per heavy atom. The van der Waals surface area contributed by atoms with E-state index < -0.39 is 7.52 Å². The van der Waals surface area contributed by atoms with Crippen molar-refractivity contribution in [3.8, 4) is 0 Å². The summed E-state index contributed by atoms with van der Waals surface area (Å²) in [5.74, 6) is 0.523. The second kappa shape index (κ2) is 5.80. The minimum Gasteiger partial charge on any atom is -0.383 e. The Kier molecular flexibility index (Phi) is 4.00. The molecule has 0 aliphatic heterocycles. The van der Waals surface area contributed by atoms with Crippen LogP contribution in [-0.4, -0.2) is 16.4 Å². The maximum absolute atomic E-state index is 13.0. The van der Waals surface area contributed by atoms with Crippen LogP contribution in [0.1, 0.15) is 17.9 Å². The van der Waals surface area contributed by atoms with Gasteiger partial charge in [-0.25, -0.2) is 4.39 Å². The summed E-state index contributed by atoms with van der Waals surface area (Å²) >= 11 is 0. The van der Waals surface area contributed by atoms with Crippen LogP contribution in [0.25, 0.3) is 0 Å². The van der Waals surface area contributed by atoms with Gasteiger partial charge in [0.15, 0.2) is 0 Å². The van der Waals surface area contributed by atoms with Crippen LogP contribution < -0.4 is 16.1 Å². The molecule has 5 nitrogen and oxygen atoms in total. The van der Waals surface area contributed by atoms with Crippen molar-refractivity contribution in [1.82, 2.24) is 4.98 Å². The molecular formula is C15H17FN3O2P. The summed E-state index contributed by atoms with van der Waals surface area (Å²) in [5, 5.41) is 3.44. The number of rotatable bonds is 5. The smallest absolute Gasteiger partial charge is 0.294 e. The number of nitrogens with two attached hydrogens (primary N) is 1. The maximum atomic E-state index is 13.0. The van der Waals surface area contributed by atoms with E-state index in [1.165, 1.54) is 12.3 Å². The average molecular weight is 321 g/mol. The van der Waals surface area contributed by atoms with E-state index in [4.69, 9.17) is 5.50 Å². The highest BCUT2D eigenvalue weighted by Crippen LogP contribution is 2.47. The van der Waals surface area contributed by atoms with Crippen molar-refractivity contribution >= 4 is 18.5 Å². The molecule has 116 valence electrons. The number of nitrogens with zero attached hydrogens (tertiary/aromatic N) is 1. The van der Waals surface area contributed by atoms with Crippen molar-refractivity contribution in [3.05, 3.63) is 54.1 Å². The summed E-state index contributed by atoms with van der Waals surface area (Å²) in [7, 11) is -3.68. The van der Waals surface area contributed by atoms with Gasteiger partial charge in [0.2, 0.25) is 0 Å². The molecule has 1 fully saturated rings. The lowest BCUT2D eigenvalue weighted by Gasteiger charge is -2.07. The molecule has 22 heavy (non-hydrogen) atoms. The van der Waals surface area contributed by atoms with E-state index in [1.807, 2.05) is 12.1 Å². The zero-order chi connectivity index (χ0) is 15.7. The van der Waals surface area contributed by atoms with Crippen molar-refractivity contribution in [3.63, 3.8) is 0 Å². The molecule has 3 rings (SSSR count). The molecule has 1 aliphatic rings. The number of hydrogen-bond donors (Lipinski definition) is 3. The van der Waals surface area contributed by atoms with E-state index in [9.17, 15) is 13.8 Å². The molecule has 0 spiro atoms. The van der Waals surface area contributed by atoms with Crippen LogP contribution in [0.5, 0.6) is 0 Å². The van der Waals surface area contributed by atoms with E-state index in [1.54, 1.807) is 18.3 Å². The lowest BCUT2D eigenvalue weighted by Crippen LogP contribution is -2.10. The molecular weight excluding hydrogens is 304 g/mol. The van der Waals surface area contributed by atoms with Crippen LogP contribution in [-0.2, 0) is 4.57 Å². The van der Waals surface area contributed by atoms with Gasteiger partial charge in [0, 0.05) is 12.6 Å². The molecule has 0 bridgehead atoms. The molecule has 2 aromatic rings. The second-order valence-corrected chi connectivity index (χ2v) is 7.35. The number of nitrogens with one attached hydrogen (secondary N) is 1. The highest BCUT2D eigenvalue weighted by Gasteiger charge is 2.38. The first-order valence-corrected chi connectivity index (χ1v) is 8.72. The Hall–Kier alpha value is -1.75. The van der Waals surface area contributed by atoms with Gasteiger partial charge < -0.3 is 10.2 Å². The fourth-order valence-corrected chi connectivity index (χ4v) is 3.15. The Bertz CT molecular complexity index is 717. The maximum Gasteiger partial charge on any atom is 0.294 e. The monoisotopic (exact) mass is 321 g/mol. The second-order valence-electron chi connectivity index (χ2n) is 5.59. The lowest BCUT2D eigenvalue weighted by atomic mass is 10.1. The van der Waals surface area contributed by atoms with E-state index in [0.29, 0.717) is 17.5 Å². The van der Waals surface area contributed by atoms with E-state index in [2.05, 4.69) is 10.3 Å². The largest absolute Gasteiger partial charge is 0.383 e. The highest BCUT2D eigenvalue weighted by atomic mass is 31.2. The van der Waals surface area contributed by atoms with Crippen LogP contribution in [0.15, 0.2) is 42.7 Å². The minimum atomic E-state index is -3.68. The van der Waals surface area contributed by atoms with Crippen LogP contribution in [0.2, 0.25) is 0 Å². The average Bonchev–Trinajstić information content (AvgIpc) is 3.24. The van der Waals surface area contributed by atoms with Gasteiger partial charge in [0.05, 0.1) is 23.4 Å². The SMILES string of the molecule is NP(=O)(O)c1ccc(C2CC2CNc2cncc(F)c2)cc1. The molecule has 1 saturated carbocycles. The molecule has 1 aliphatic carbocycles. The van der Waals surface area contributed by atoms with Crippen LogP contribution >= 0.6 is 7.52 Å². The Labute approximate surface area is 127 Å². The third-order valence-corrected chi connectivity index (χ3v) is 4.93. The van der Waals surface area contributed by atoms with Gasteiger partial charge in [-0.05, 0) is 36.0 Å². The number of hydrogen-bond acceptors (Lipinski definition) is 3. The summed E-state index contributed by atoms with van der Waals surface area (Å²) in [6.07, 6.45) is 3.80. The van der Waals surface area contributed by atoms with Gasteiger partial charge >= 0.3 is 0 Å². The van der Waals surface area contributed by atoms with Crippen molar-refractivity contribution in [2.45, 2.75) is 12.3 Å². The van der Waals surface area contributed by atoms with Crippen molar-refractivity contribution in [1.29, 1.82) is 0 Å². The number of halogens is 1. The number of aromatic nitrogens is 1. The third-order valence-electron chi connectivity index (χ3n) is 3.89. The van der Waals surface area contributed by atoms with Crippen molar-refractivity contribution in [2.24, 2.45) is 11.4 Å². The van der Waals surface area contributed by atoms with Crippen LogP contribution in [0, 0.1) is 11.7 Å². The zero-order valence-corrected chi connectivity index (χ0v) is 12.7. The molecule has 0 amide bonds. The topological polar surface area (TPSA) is 88.2 Å². The van der Waals surface area contributed by atoms with Crippen LogP contribution in [0.4, 0.5) is 10.1 Å². The fourth-order valence-electron chi connectivity index (χ4n) is 2.57. The molecule has 3 atom stereocenters. The molecule has 0 radical (unpaired) electrons. The summed E-state index contributed by atoms with van der Waals surface area (Å²) in [6.45, 7) is 0.743. The molecule has 3 unspecified atom stereocenters. The molecule has 1 aromatic carbocycles. The quantitative estimate of drug-likeness (QED) is 0.735. The van der Waals surface area contributed by atoms with Crippen molar-refractivity contribution < 1.29 is 13.8 Å². The first-order chi connectivity index (χ1) is 10.4. The van der Waals surface area contributed by atoms with E-state index in [-0.39, 0.29) is 11.1 Å². The van der Waals surface area contributed by atoms with Gasteiger partial charge in [-0.3, -0.25) is 15.1 Å². The van der Waals surface area contributed by atoms with Gasteiger partial charge in [0.25, 0.3) is 7.52 Å². The Morgan fingerprint density at radius 3 is 2.73 bits per heavy atom. The first-order valence-electron chi connectivity index (χ1n) is 7.00. The lowest BCUT2D eigenvalue weighted by molar-refractivity contribution is 0.491. The molecule has 4 N–H and O–H groups in total. The Morgan fingerprint density at radius 1 is 1.36 bits per heavy atom. The highest BCUT2D eigenvalue weighted by molar-refractivity contribution is 7.63. The van der Waals surface area contributed by atoms with E-state index in [0.717, 1.165) is 18.5 Å². The summed E-state index contributed by atoms with van der Waals surface area (Å²) in [6, 6.07) is 8.32. The summed E-state index contributed by atoms with van der Waals surface area (Å²) in [5.41, 5.74) is 7.01. The van der Waals surface area contributed by atoms with E-state index >= 15 is 0 Å². The minimum absolute atomic E-state index is 0.261.